The summed E-state index contributed by atoms with van der Waals surface area (Å²) in [5.74, 6) is 0.399. The second-order valence-corrected chi connectivity index (χ2v) is 6.46. The summed E-state index contributed by atoms with van der Waals surface area (Å²) in [6.07, 6.45) is 0. The van der Waals surface area contributed by atoms with Crippen LogP contribution >= 0.6 is 46.3 Å². The number of carbonyl (C=O) groups excluding carboxylic acids is 1. The van der Waals surface area contributed by atoms with Gasteiger partial charge in [0.1, 0.15) is 10.9 Å². The zero-order chi connectivity index (χ0) is 13.4. The molecule has 0 aliphatic carbocycles. The first-order chi connectivity index (χ1) is 9.18. The maximum Gasteiger partial charge on any atom is 0.240 e. The van der Waals surface area contributed by atoms with Crippen LogP contribution in [-0.4, -0.2) is 21.9 Å². The molecule has 1 aliphatic rings. The number of aromatic nitrogens is 2. The number of amides is 1. The van der Waals surface area contributed by atoms with Gasteiger partial charge in [0.25, 0.3) is 0 Å². The minimum atomic E-state index is -0.202. The van der Waals surface area contributed by atoms with E-state index in [1.165, 1.54) is 23.1 Å². The number of rotatable bonds is 2. The third-order valence-corrected chi connectivity index (χ3v) is 5.39. The highest BCUT2D eigenvalue weighted by Crippen LogP contribution is 2.45. The van der Waals surface area contributed by atoms with E-state index in [1.54, 1.807) is 16.5 Å². The summed E-state index contributed by atoms with van der Waals surface area (Å²) in [7, 11) is 0. The summed E-state index contributed by atoms with van der Waals surface area (Å²) in [5.41, 5.74) is 2.42. The fraction of sp³-hybridized carbons (Fsp3) is 0.182. The van der Waals surface area contributed by atoms with Gasteiger partial charge in [-0.3, -0.25) is 9.69 Å². The first kappa shape index (κ1) is 13.2. The van der Waals surface area contributed by atoms with Crippen molar-refractivity contribution in [2.45, 2.75) is 5.37 Å². The number of hydrogen-bond donors (Lipinski definition) is 0. The maximum atomic E-state index is 12.0. The van der Waals surface area contributed by atoms with Gasteiger partial charge in [-0.05, 0) is 6.07 Å². The highest BCUT2D eigenvalue weighted by atomic mass is 35.5. The standard InChI is InChI=1S/C11H7Cl2N3OS2/c12-7-3-1-2-6(9(7)13)10-16(8(17)4-18-10)11-15-14-5-19-11/h1-3,5,10H,4H2. The number of halogens is 2. The van der Waals surface area contributed by atoms with Crippen molar-refractivity contribution in [2.75, 3.05) is 10.7 Å². The minimum Gasteiger partial charge on any atom is -0.273 e. The molecule has 2 aromatic rings. The molecule has 2 heterocycles. The summed E-state index contributed by atoms with van der Waals surface area (Å²) < 4.78 is 0. The highest BCUT2D eigenvalue weighted by Gasteiger charge is 2.37. The molecular weight excluding hydrogens is 325 g/mol. The fourth-order valence-electron chi connectivity index (χ4n) is 1.84. The van der Waals surface area contributed by atoms with Crippen molar-refractivity contribution < 1.29 is 4.79 Å². The molecule has 98 valence electrons. The lowest BCUT2D eigenvalue weighted by Gasteiger charge is -2.22. The van der Waals surface area contributed by atoms with Gasteiger partial charge in [-0.1, -0.05) is 46.7 Å². The van der Waals surface area contributed by atoms with E-state index < -0.39 is 0 Å². The largest absolute Gasteiger partial charge is 0.273 e. The molecular formula is C11H7Cl2N3OS2. The van der Waals surface area contributed by atoms with Gasteiger partial charge in [0.05, 0.1) is 15.8 Å². The van der Waals surface area contributed by atoms with Crippen LogP contribution in [0.4, 0.5) is 5.13 Å². The van der Waals surface area contributed by atoms with Crippen LogP contribution in [0.3, 0.4) is 0 Å². The smallest absolute Gasteiger partial charge is 0.240 e. The van der Waals surface area contributed by atoms with Crippen LogP contribution < -0.4 is 4.90 Å². The van der Waals surface area contributed by atoms with E-state index in [0.29, 0.717) is 20.9 Å². The summed E-state index contributed by atoms with van der Waals surface area (Å²) in [6.45, 7) is 0. The number of hydrogen-bond acceptors (Lipinski definition) is 5. The molecule has 1 atom stereocenters. The van der Waals surface area contributed by atoms with Crippen LogP contribution in [0.1, 0.15) is 10.9 Å². The predicted octanol–water partition coefficient (Wildman–Crippen LogP) is 3.62. The van der Waals surface area contributed by atoms with E-state index in [0.717, 1.165) is 5.56 Å². The lowest BCUT2D eigenvalue weighted by atomic mass is 10.2. The van der Waals surface area contributed by atoms with Gasteiger partial charge in [0, 0.05) is 5.56 Å². The van der Waals surface area contributed by atoms with E-state index in [4.69, 9.17) is 23.2 Å². The SMILES string of the molecule is O=C1CSC(c2cccc(Cl)c2Cl)N1c1nncs1. The first-order valence-electron chi connectivity index (χ1n) is 5.32. The van der Waals surface area contributed by atoms with Crippen molar-refractivity contribution in [3.05, 3.63) is 39.3 Å². The van der Waals surface area contributed by atoms with E-state index in [-0.39, 0.29) is 11.3 Å². The molecule has 1 aromatic carbocycles. The molecule has 0 bridgehead atoms. The van der Waals surface area contributed by atoms with Gasteiger partial charge in [-0.15, -0.1) is 22.0 Å². The zero-order valence-electron chi connectivity index (χ0n) is 9.42. The maximum absolute atomic E-state index is 12.0. The van der Waals surface area contributed by atoms with E-state index >= 15 is 0 Å². The molecule has 0 spiro atoms. The molecule has 0 N–H and O–H groups in total. The molecule has 8 heteroatoms. The molecule has 3 rings (SSSR count). The van der Waals surface area contributed by atoms with Crippen molar-refractivity contribution >= 4 is 57.3 Å². The molecule has 1 fully saturated rings. The van der Waals surface area contributed by atoms with Crippen LogP contribution in [-0.2, 0) is 4.79 Å². The van der Waals surface area contributed by atoms with Gasteiger partial charge in [0.15, 0.2) is 0 Å². The predicted molar refractivity (Wildman–Crippen MR) is 79.1 cm³/mol. The van der Waals surface area contributed by atoms with Crippen molar-refractivity contribution in [3.63, 3.8) is 0 Å². The monoisotopic (exact) mass is 331 g/mol. The molecule has 1 saturated heterocycles. The van der Waals surface area contributed by atoms with E-state index in [2.05, 4.69) is 10.2 Å². The van der Waals surface area contributed by atoms with Gasteiger partial charge >= 0.3 is 0 Å². The summed E-state index contributed by atoms with van der Waals surface area (Å²) >= 11 is 15.1. The third kappa shape index (κ3) is 2.33. The zero-order valence-corrected chi connectivity index (χ0v) is 12.6. The molecule has 1 aromatic heterocycles. The van der Waals surface area contributed by atoms with Gasteiger partial charge in [-0.2, -0.15) is 0 Å². The van der Waals surface area contributed by atoms with E-state index in [1.807, 2.05) is 12.1 Å². The van der Waals surface area contributed by atoms with Crippen LogP contribution in [0, 0.1) is 0 Å². The van der Waals surface area contributed by atoms with Crippen LogP contribution in [0.2, 0.25) is 10.0 Å². The average molecular weight is 332 g/mol. The second-order valence-electron chi connectivity index (χ2n) is 3.79. The summed E-state index contributed by atoms with van der Waals surface area (Å²) in [6, 6.07) is 5.42. The highest BCUT2D eigenvalue weighted by molar-refractivity contribution is 8.00. The Morgan fingerprint density at radius 2 is 2.21 bits per heavy atom. The lowest BCUT2D eigenvalue weighted by Crippen LogP contribution is -2.27. The van der Waals surface area contributed by atoms with Gasteiger partial charge in [0.2, 0.25) is 11.0 Å². The normalized spacial score (nSPS) is 19.2. The van der Waals surface area contributed by atoms with Crippen molar-refractivity contribution in [2.24, 2.45) is 0 Å². The Kier molecular flexibility index (Phi) is 3.66. The molecule has 1 amide bonds. The number of nitrogens with zero attached hydrogens (tertiary/aromatic N) is 3. The van der Waals surface area contributed by atoms with Gasteiger partial charge < -0.3 is 0 Å². The molecule has 4 nitrogen and oxygen atoms in total. The fourth-order valence-corrected chi connectivity index (χ4v) is 4.17. The van der Waals surface area contributed by atoms with Crippen LogP contribution in [0.15, 0.2) is 23.7 Å². The summed E-state index contributed by atoms with van der Waals surface area (Å²) in [4.78, 5) is 13.6. The van der Waals surface area contributed by atoms with Crippen molar-refractivity contribution in [3.8, 4) is 0 Å². The number of carbonyl (C=O) groups is 1. The Morgan fingerprint density at radius 1 is 1.37 bits per heavy atom. The molecule has 0 radical (unpaired) electrons. The van der Waals surface area contributed by atoms with Crippen molar-refractivity contribution in [1.82, 2.24) is 10.2 Å². The number of thioether (sulfide) groups is 1. The third-order valence-electron chi connectivity index (χ3n) is 2.67. The Labute approximate surface area is 127 Å². The Bertz CT molecular complexity index is 620. The minimum absolute atomic E-state index is 0.00259. The quantitative estimate of drug-likeness (QED) is 0.843. The Morgan fingerprint density at radius 3 is 2.95 bits per heavy atom. The summed E-state index contributed by atoms with van der Waals surface area (Å²) in [5, 5.41) is 9.07. The van der Waals surface area contributed by atoms with Crippen molar-refractivity contribution in [1.29, 1.82) is 0 Å². The average Bonchev–Trinajstić information content (AvgIpc) is 3.02. The molecule has 19 heavy (non-hydrogen) atoms. The Balaban J connectivity index is 2.04. The van der Waals surface area contributed by atoms with Crippen LogP contribution in [0.25, 0.3) is 0 Å². The van der Waals surface area contributed by atoms with Gasteiger partial charge in [-0.25, -0.2) is 0 Å². The van der Waals surface area contributed by atoms with Crippen LogP contribution in [0.5, 0.6) is 0 Å². The topological polar surface area (TPSA) is 46.1 Å². The first-order valence-corrected chi connectivity index (χ1v) is 8.00. The number of anilines is 1. The molecule has 1 unspecified atom stereocenters. The Hall–Kier alpha value is -0.820. The van der Waals surface area contributed by atoms with E-state index in [9.17, 15) is 4.79 Å². The molecule has 1 aliphatic heterocycles. The lowest BCUT2D eigenvalue weighted by molar-refractivity contribution is -0.115. The molecule has 0 saturated carbocycles. The second kappa shape index (κ2) is 5.28. The number of benzene rings is 1.